The van der Waals surface area contributed by atoms with Gasteiger partial charge in [0.1, 0.15) is 5.69 Å². The Balaban J connectivity index is 1.78. The van der Waals surface area contributed by atoms with Crippen LogP contribution in [0.1, 0.15) is 32.0 Å². The highest BCUT2D eigenvalue weighted by molar-refractivity contribution is 6.04. The van der Waals surface area contributed by atoms with Gasteiger partial charge >= 0.3 is 5.97 Å². The maximum atomic E-state index is 12.6. The molecular weight excluding hydrogens is 354 g/mol. The number of carbonyl (C=O) groups is 2. The summed E-state index contributed by atoms with van der Waals surface area (Å²) >= 11 is 0. The first kappa shape index (κ1) is 19.1. The third-order valence-corrected chi connectivity index (χ3v) is 4.42. The van der Waals surface area contributed by atoms with Crippen LogP contribution in [0.25, 0.3) is 0 Å². The Morgan fingerprint density at radius 2 is 1.71 bits per heavy atom. The second-order valence-electron chi connectivity index (χ2n) is 6.33. The normalized spacial score (nSPS) is 10.2. The third kappa shape index (κ3) is 4.35. The van der Waals surface area contributed by atoms with Gasteiger partial charge in [-0.3, -0.25) is 9.78 Å². The van der Waals surface area contributed by atoms with Gasteiger partial charge in [-0.1, -0.05) is 18.2 Å². The fraction of sp³-hybridized carbons (Fsp3) is 0.136. The van der Waals surface area contributed by atoms with E-state index in [-0.39, 0.29) is 11.6 Å². The summed E-state index contributed by atoms with van der Waals surface area (Å²) in [4.78, 5) is 28.4. The number of anilines is 3. The SMILES string of the molecule is COC(=O)c1cccc(Nc2ccnc(C(=O)Nc3cccc(C)c3C)c2)c1. The quantitative estimate of drug-likeness (QED) is 0.643. The van der Waals surface area contributed by atoms with Crippen molar-refractivity contribution in [2.75, 3.05) is 17.7 Å². The van der Waals surface area contributed by atoms with Crippen LogP contribution in [0.5, 0.6) is 0 Å². The van der Waals surface area contributed by atoms with Gasteiger partial charge in [-0.25, -0.2) is 4.79 Å². The van der Waals surface area contributed by atoms with E-state index in [2.05, 4.69) is 15.6 Å². The first-order chi connectivity index (χ1) is 13.5. The standard InChI is InChI=1S/C22H21N3O3/c1-14-6-4-9-19(15(14)2)25-21(26)20-13-18(10-11-23-20)24-17-8-5-7-16(12-17)22(27)28-3/h4-13H,1-3H3,(H,23,24)(H,25,26). The largest absolute Gasteiger partial charge is 0.465 e. The average Bonchev–Trinajstić information content (AvgIpc) is 2.71. The number of aromatic nitrogens is 1. The van der Waals surface area contributed by atoms with Crippen LogP contribution in [0.4, 0.5) is 17.1 Å². The van der Waals surface area contributed by atoms with Crippen molar-refractivity contribution in [3.63, 3.8) is 0 Å². The lowest BCUT2D eigenvalue weighted by Crippen LogP contribution is -2.14. The molecule has 3 rings (SSSR count). The molecule has 0 saturated carbocycles. The first-order valence-corrected chi connectivity index (χ1v) is 8.77. The van der Waals surface area contributed by atoms with Crippen LogP contribution >= 0.6 is 0 Å². The lowest BCUT2D eigenvalue weighted by Gasteiger charge is -2.11. The minimum Gasteiger partial charge on any atom is -0.465 e. The van der Waals surface area contributed by atoms with Crippen molar-refractivity contribution >= 4 is 28.9 Å². The molecule has 0 radical (unpaired) electrons. The average molecular weight is 375 g/mol. The van der Waals surface area contributed by atoms with Crippen LogP contribution < -0.4 is 10.6 Å². The molecule has 0 unspecified atom stereocenters. The molecule has 0 aliphatic heterocycles. The highest BCUT2D eigenvalue weighted by Gasteiger charge is 2.11. The van der Waals surface area contributed by atoms with Gasteiger partial charge in [0.15, 0.2) is 0 Å². The molecule has 1 amide bonds. The van der Waals surface area contributed by atoms with E-state index < -0.39 is 5.97 Å². The number of benzene rings is 2. The van der Waals surface area contributed by atoms with Crippen molar-refractivity contribution in [3.05, 3.63) is 83.2 Å². The smallest absolute Gasteiger partial charge is 0.337 e. The van der Waals surface area contributed by atoms with Crippen molar-refractivity contribution in [3.8, 4) is 0 Å². The second kappa shape index (κ2) is 8.35. The summed E-state index contributed by atoms with van der Waals surface area (Å²) in [5, 5.41) is 6.07. The molecule has 0 saturated heterocycles. The molecule has 3 aromatic rings. The summed E-state index contributed by atoms with van der Waals surface area (Å²) < 4.78 is 4.74. The van der Waals surface area contributed by atoms with E-state index in [9.17, 15) is 9.59 Å². The van der Waals surface area contributed by atoms with Gasteiger partial charge in [0.05, 0.1) is 12.7 Å². The zero-order chi connectivity index (χ0) is 20.1. The Morgan fingerprint density at radius 3 is 2.50 bits per heavy atom. The maximum absolute atomic E-state index is 12.6. The van der Waals surface area contributed by atoms with Gasteiger partial charge in [0.2, 0.25) is 0 Å². The number of amides is 1. The number of methoxy groups -OCH3 is 1. The number of ether oxygens (including phenoxy) is 1. The van der Waals surface area contributed by atoms with E-state index in [1.165, 1.54) is 7.11 Å². The predicted octanol–water partition coefficient (Wildman–Crippen LogP) is 4.48. The lowest BCUT2D eigenvalue weighted by molar-refractivity contribution is 0.0600. The number of carbonyl (C=O) groups excluding carboxylic acids is 2. The molecule has 0 atom stereocenters. The number of nitrogens with zero attached hydrogens (tertiary/aromatic N) is 1. The van der Waals surface area contributed by atoms with Crippen molar-refractivity contribution in [2.45, 2.75) is 13.8 Å². The topological polar surface area (TPSA) is 80.3 Å². The minimum atomic E-state index is -0.410. The fourth-order valence-electron chi connectivity index (χ4n) is 2.71. The number of hydrogen-bond acceptors (Lipinski definition) is 5. The Morgan fingerprint density at radius 1 is 0.964 bits per heavy atom. The fourth-order valence-corrected chi connectivity index (χ4v) is 2.71. The molecule has 0 bridgehead atoms. The molecule has 6 heteroatoms. The van der Waals surface area contributed by atoms with E-state index in [4.69, 9.17) is 4.74 Å². The van der Waals surface area contributed by atoms with Crippen molar-refractivity contribution < 1.29 is 14.3 Å². The van der Waals surface area contributed by atoms with Crippen molar-refractivity contribution in [2.24, 2.45) is 0 Å². The molecule has 1 aromatic heterocycles. The molecule has 0 spiro atoms. The number of rotatable bonds is 5. The second-order valence-corrected chi connectivity index (χ2v) is 6.33. The first-order valence-electron chi connectivity index (χ1n) is 8.77. The minimum absolute atomic E-state index is 0.287. The van der Waals surface area contributed by atoms with E-state index in [1.807, 2.05) is 38.1 Å². The monoisotopic (exact) mass is 375 g/mol. The van der Waals surface area contributed by atoms with Crippen molar-refractivity contribution in [1.29, 1.82) is 0 Å². The molecule has 1 heterocycles. The van der Waals surface area contributed by atoms with E-state index in [1.54, 1.807) is 36.5 Å². The number of pyridine rings is 1. The summed E-state index contributed by atoms with van der Waals surface area (Å²) in [7, 11) is 1.34. The summed E-state index contributed by atoms with van der Waals surface area (Å²) in [6, 6.07) is 16.1. The van der Waals surface area contributed by atoms with E-state index in [0.29, 0.717) is 16.9 Å². The predicted molar refractivity (Wildman–Crippen MR) is 109 cm³/mol. The number of hydrogen-bond donors (Lipinski definition) is 2. The Labute approximate surface area is 163 Å². The molecule has 142 valence electrons. The molecule has 2 aromatic carbocycles. The Kier molecular flexibility index (Phi) is 5.69. The van der Waals surface area contributed by atoms with Crippen LogP contribution in [-0.2, 0) is 4.74 Å². The van der Waals surface area contributed by atoms with E-state index in [0.717, 1.165) is 16.8 Å². The highest BCUT2D eigenvalue weighted by atomic mass is 16.5. The van der Waals surface area contributed by atoms with Crippen LogP contribution in [0.15, 0.2) is 60.8 Å². The molecule has 0 aliphatic carbocycles. The van der Waals surface area contributed by atoms with Crippen LogP contribution in [-0.4, -0.2) is 24.0 Å². The maximum Gasteiger partial charge on any atom is 0.337 e. The van der Waals surface area contributed by atoms with Crippen LogP contribution in [0, 0.1) is 13.8 Å². The van der Waals surface area contributed by atoms with Gasteiger partial charge in [0.25, 0.3) is 5.91 Å². The third-order valence-electron chi connectivity index (χ3n) is 4.42. The Hall–Kier alpha value is -3.67. The molecular formula is C22H21N3O3. The van der Waals surface area contributed by atoms with Crippen molar-refractivity contribution in [1.82, 2.24) is 4.98 Å². The van der Waals surface area contributed by atoms with Gasteiger partial charge in [0, 0.05) is 23.3 Å². The van der Waals surface area contributed by atoms with Crippen LogP contribution in [0.3, 0.4) is 0 Å². The zero-order valence-electron chi connectivity index (χ0n) is 15.9. The lowest BCUT2D eigenvalue weighted by atomic mass is 10.1. The highest BCUT2D eigenvalue weighted by Crippen LogP contribution is 2.21. The summed E-state index contributed by atoms with van der Waals surface area (Å²) in [5.74, 6) is -0.701. The molecule has 2 N–H and O–H groups in total. The van der Waals surface area contributed by atoms with Gasteiger partial charge in [-0.2, -0.15) is 0 Å². The van der Waals surface area contributed by atoms with Gasteiger partial charge in [-0.05, 0) is 61.4 Å². The van der Waals surface area contributed by atoms with E-state index >= 15 is 0 Å². The summed E-state index contributed by atoms with van der Waals surface area (Å²) in [5.41, 5.74) is 5.00. The zero-order valence-corrected chi connectivity index (χ0v) is 15.9. The molecule has 0 fully saturated rings. The number of aryl methyl sites for hydroxylation is 1. The molecule has 6 nitrogen and oxygen atoms in total. The Bertz CT molecular complexity index is 1030. The summed E-state index contributed by atoms with van der Waals surface area (Å²) in [6.07, 6.45) is 1.56. The number of nitrogens with one attached hydrogen (secondary N) is 2. The van der Waals surface area contributed by atoms with Crippen LogP contribution in [0.2, 0.25) is 0 Å². The summed E-state index contributed by atoms with van der Waals surface area (Å²) in [6.45, 7) is 3.96. The molecule has 28 heavy (non-hydrogen) atoms. The van der Waals surface area contributed by atoms with Gasteiger partial charge in [-0.15, -0.1) is 0 Å². The number of esters is 1. The van der Waals surface area contributed by atoms with Gasteiger partial charge < -0.3 is 15.4 Å². The molecule has 0 aliphatic rings.